The summed E-state index contributed by atoms with van der Waals surface area (Å²) in [7, 11) is 0. The molecule has 1 atom stereocenters. The van der Waals surface area contributed by atoms with Crippen molar-refractivity contribution < 1.29 is 4.79 Å². The van der Waals surface area contributed by atoms with Crippen LogP contribution >= 0.6 is 0 Å². The second-order valence-corrected chi connectivity index (χ2v) is 3.83. The van der Waals surface area contributed by atoms with Crippen LogP contribution in [0.5, 0.6) is 0 Å². The monoisotopic (exact) mass is 191 g/mol. The van der Waals surface area contributed by atoms with E-state index < -0.39 is 0 Å². The van der Waals surface area contributed by atoms with Gasteiger partial charge < -0.3 is 5.32 Å². The molecule has 0 saturated carbocycles. The SMILES string of the molecule is CC(C)c1cccc([C@H](C)NC=O)c1. The molecule has 14 heavy (non-hydrogen) atoms. The maximum absolute atomic E-state index is 10.3. The molecule has 0 aromatic heterocycles. The topological polar surface area (TPSA) is 29.1 Å². The number of carbonyl (C=O) groups is 1. The highest BCUT2D eigenvalue weighted by molar-refractivity contribution is 5.47. The van der Waals surface area contributed by atoms with E-state index in [1.807, 2.05) is 19.1 Å². The molecule has 1 N–H and O–H groups in total. The molecule has 0 spiro atoms. The van der Waals surface area contributed by atoms with Gasteiger partial charge in [0.1, 0.15) is 0 Å². The highest BCUT2D eigenvalue weighted by Crippen LogP contribution is 2.19. The maximum Gasteiger partial charge on any atom is 0.207 e. The van der Waals surface area contributed by atoms with E-state index in [1.165, 1.54) is 5.56 Å². The summed E-state index contributed by atoms with van der Waals surface area (Å²) >= 11 is 0. The van der Waals surface area contributed by atoms with Gasteiger partial charge in [-0.3, -0.25) is 4.79 Å². The second kappa shape index (κ2) is 4.80. The van der Waals surface area contributed by atoms with E-state index in [2.05, 4.69) is 31.3 Å². The van der Waals surface area contributed by atoms with Gasteiger partial charge in [-0.1, -0.05) is 38.1 Å². The first-order valence-electron chi connectivity index (χ1n) is 4.94. The Labute approximate surface area is 85.3 Å². The number of amides is 1. The van der Waals surface area contributed by atoms with Crippen molar-refractivity contribution in [3.63, 3.8) is 0 Å². The minimum absolute atomic E-state index is 0.0891. The van der Waals surface area contributed by atoms with Crippen LogP contribution in [0.1, 0.15) is 43.9 Å². The van der Waals surface area contributed by atoms with Gasteiger partial charge >= 0.3 is 0 Å². The van der Waals surface area contributed by atoms with E-state index in [0.29, 0.717) is 5.92 Å². The molecule has 0 unspecified atom stereocenters. The highest BCUT2D eigenvalue weighted by Gasteiger charge is 2.05. The lowest BCUT2D eigenvalue weighted by Gasteiger charge is -2.13. The first kappa shape index (κ1) is 10.8. The lowest BCUT2D eigenvalue weighted by Crippen LogP contribution is -2.16. The molecule has 2 nitrogen and oxygen atoms in total. The van der Waals surface area contributed by atoms with Crippen LogP contribution in [0.15, 0.2) is 24.3 Å². The van der Waals surface area contributed by atoms with Crippen LogP contribution in [-0.4, -0.2) is 6.41 Å². The lowest BCUT2D eigenvalue weighted by atomic mass is 9.98. The van der Waals surface area contributed by atoms with Gasteiger partial charge in [0.05, 0.1) is 6.04 Å². The van der Waals surface area contributed by atoms with E-state index in [0.717, 1.165) is 12.0 Å². The van der Waals surface area contributed by atoms with Crippen LogP contribution in [0.25, 0.3) is 0 Å². The fourth-order valence-electron chi connectivity index (χ4n) is 1.39. The molecule has 0 aliphatic heterocycles. The summed E-state index contributed by atoms with van der Waals surface area (Å²) in [6, 6.07) is 8.42. The van der Waals surface area contributed by atoms with Crippen LogP contribution in [0.4, 0.5) is 0 Å². The molecule has 76 valence electrons. The van der Waals surface area contributed by atoms with Crippen molar-refractivity contribution in [1.29, 1.82) is 0 Å². The molecule has 1 aromatic rings. The number of carbonyl (C=O) groups excluding carboxylic acids is 1. The van der Waals surface area contributed by atoms with E-state index in [1.54, 1.807) is 0 Å². The fourth-order valence-corrected chi connectivity index (χ4v) is 1.39. The number of rotatable bonds is 4. The summed E-state index contributed by atoms with van der Waals surface area (Å²) in [5, 5.41) is 2.75. The number of hydrogen-bond donors (Lipinski definition) is 1. The predicted octanol–water partition coefficient (Wildman–Crippen LogP) is 2.62. The van der Waals surface area contributed by atoms with Gasteiger partial charge in [0.2, 0.25) is 6.41 Å². The zero-order valence-corrected chi connectivity index (χ0v) is 8.95. The maximum atomic E-state index is 10.3. The van der Waals surface area contributed by atoms with E-state index in [-0.39, 0.29) is 6.04 Å². The molecule has 1 amide bonds. The molecular weight excluding hydrogens is 174 g/mol. The van der Waals surface area contributed by atoms with E-state index in [4.69, 9.17) is 0 Å². The summed E-state index contributed by atoms with van der Waals surface area (Å²) in [5.74, 6) is 0.526. The summed E-state index contributed by atoms with van der Waals surface area (Å²) in [6.45, 7) is 6.31. The van der Waals surface area contributed by atoms with Gasteiger partial charge in [0.15, 0.2) is 0 Å². The summed E-state index contributed by atoms with van der Waals surface area (Å²) in [5.41, 5.74) is 2.46. The normalized spacial score (nSPS) is 12.6. The Balaban J connectivity index is 2.87. The van der Waals surface area contributed by atoms with E-state index >= 15 is 0 Å². The molecule has 0 aliphatic carbocycles. The van der Waals surface area contributed by atoms with Crippen molar-refractivity contribution in [3.8, 4) is 0 Å². The number of hydrogen-bond acceptors (Lipinski definition) is 1. The molecule has 0 aliphatic rings. The van der Waals surface area contributed by atoms with Crippen LogP contribution < -0.4 is 5.32 Å². The highest BCUT2D eigenvalue weighted by atomic mass is 16.1. The molecule has 0 saturated heterocycles. The van der Waals surface area contributed by atoms with Crippen molar-refractivity contribution in [3.05, 3.63) is 35.4 Å². The average molecular weight is 191 g/mol. The molecule has 0 fully saturated rings. The van der Waals surface area contributed by atoms with Crippen LogP contribution in [0, 0.1) is 0 Å². The van der Waals surface area contributed by atoms with Crippen LogP contribution in [-0.2, 0) is 4.79 Å². The number of benzene rings is 1. The summed E-state index contributed by atoms with van der Waals surface area (Å²) < 4.78 is 0. The molecule has 0 heterocycles. The Hall–Kier alpha value is -1.31. The molecule has 0 radical (unpaired) electrons. The molecular formula is C12H17NO. The Kier molecular flexibility index (Phi) is 3.69. The van der Waals surface area contributed by atoms with Crippen molar-refractivity contribution in [2.75, 3.05) is 0 Å². The van der Waals surface area contributed by atoms with Crippen molar-refractivity contribution in [2.45, 2.75) is 32.7 Å². The first-order valence-corrected chi connectivity index (χ1v) is 4.94. The van der Waals surface area contributed by atoms with Crippen molar-refractivity contribution in [2.24, 2.45) is 0 Å². The Morgan fingerprint density at radius 1 is 1.21 bits per heavy atom. The molecule has 0 bridgehead atoms. The zero-order chi connectivity index (χ0) is 10.6. The van der Waals surface area contributed by atoms with Gasteiger partial charge in [0, 0.05) is 0 Å². The van der Waals surface area contributed by atoms with Gasteiger partial charge in [0.25, 0.3) is 0 Å². The fraction of sp³-hybridized carbons (Fsp3) is 0.417. The third-order valence-electron chi connectivity index (χ3n) is 2.40. The van der Waals surface area contributed by atoms with Crippen molar-refractivity contribution in [1.82, 2.24) is 5.32 Å². The first-order chi connectivity index (χ1) is 6.65. The smallest absolute Gasteiger partial charge is 0.207 e. The zero-order valence-electron chi connectivity index (χ0n) is 8.95. The quantitative estimate of drug-likeness (QED) is 0.728. The van der Waals surface area contributed by atoms with Crippen molar-refractivity contribution >= 4 is 6.41 Å². The molecule has 1 aromatic carbocycles. The molecule has 2 heteroatoms. The number of nitrogens with one attached hydrogen (secondary N) is 1. The van der Waals surface area contributed by atoms with Gasteiger partial charge in [-0.05, 0) is 24.0 Å². The van der Waals surface area contributed by atoms with Gasteiger partial charge in [-0.15, -0.1) is 0 Å². The lowest BCUT2D eigenvalue weighted by molar-refractivity contribution is -0.110. The third kappa shape index (κ3) is 2.59. The van der Waals surface area contributed by atoms with Crippen LogP contribution in [0.3, 0.4) is 0 Å². The van der Waals surface area contributed by atoms with Gasteiger partial charge in [-0.2, -0.15) is 0 Å². The summed E-state index contributed by atoms with van der Waals surface area (Å²) in [4.78, 5) is 10.3. The standard InChI is InChI=1S/C12H17NO/c1-9(2)11-5-4-6-12(7-11)10(3)13-8-14/h4-10H,1-3H3,(H,13,14)/t10-/m0/s1. The minimum Gasteiger partial charge on any atom is -0.352 e. The predicted molar refractivity (Wildman–Crippen MR) is 58.1 cm³/mol. The largest absolute Gasteiger partial charge is 0.352 e. The summed E-state index contributed by atoms with van der Waals surface area (Å²) in [6.07, 6.45) is 0.743. The Morgan fingerprint density at radius 2 is 1.86 bits per heavy atom. The Bertz CT molecular complexity index is 307. The average Bonchev–Trinajstić information content (AvgIpc) is 2.18. The van der Waals surface area contributed by atoms with Crippen LogP contribution in [0.2, 0.25) is 0 Å². The van der Waals surface area contributed by atoms with E-state index in [9.17, 15) is 4.79 Å². The van der Waals surface area contributed by atoms with Gasteiger partial charge in [-0.25, -0.2) is 0 Å². The second-order valence-electron chi connectivity index (χ2n) is 3.83. The Morgan fingerprint density at radius 3 is 2.43 bits per heavy atom. The third-order valence-corrected chi connectivity index (χ3v) is 2.40. The minimum atomic E-state index is 0.0891. The molecule has 1 rings (SSSR count).